The van der Waals surface area contributed by atoms with Crippen LogP contribution in [-0.2, 0) is 4.79 Å². The summed E-state index contributed by atoms with van der Waals surface area (Å²) in [5.74, 6) is 0.992. The Bertz CT molecular complexity index is 222. The van der Waals surface area contributed by atoms with Crippen LogP contribution in [0.1, 0.15) is 103 Å². The van der Waals surface area contributed by atoms with E-state index in [9.17, 15) is 4.79 Å². The Morgan fingerprint density at radius 1 is 0.789 bits per heavy atom. The first kappa shape index (κ1) is 16.7. The second kappa shape index (κ2) is 11.5. The molecule has 0 saturated heterocycles. The molecule has 1 saturated carbocycles. The van der Waals surface area contributed by atoms with Gasteiger partial charge in [0.2, 0.25) is 0 Å². The van der Waals surface area contributed by atoms with Gasteiger partial charge in [-0.05, 0) is 12.8 Å². The average Bonchev–Trinajstić information content (AvgIpc) is 2.42. The van der Waals surface area contributed by atoms with Gasteiger partial charge >= 0.3 is 0 Å². The van der Waals surface area contributed by atoms with Crippen molar-refractivity contribution >= 4 is 5.78 Å². The Morgan fingerprint density at radius 2 is 1.26 bits per heavy atom. The predicted molar refractivity (Wildman–Crippen MR) is 83.4 cm³/mol. The summed E-state index contributed by atoms with van der Waals surface area (Å²) < 4.78 is 0. The second-order valence-electron chi connectivity index (χ2n) is 6.38. The summed E-state index contributed by atoms with van der Waals surface area (Å²) in [6.45, 7) is 2.28. The molecule has 0 aliphatic heterocycles. The number of rotatable bonds is 13. The van der Waals surface area contributed by atoms with E-state index in [1.54, 1.807) is 0 Å². The number of carbonyl (C=O) groups excluding carboxylic acids is 1. The molecule has 1 nitrogen and oxygen atoms in total. The predicted octanol–water partition coefficient (Wildman–Crippen LogP) is 6.06. The fraction of sp³-hybridized carbons (Fsp3) is 0.944. The van der Waals surface area contributed by atoms with Gasteiger partial charge in [-0.1, -0.05) is 84.0 Å². The van der Waals surface area contributed by atoms with Crippen LogP contribution in [0.3, 0.4) is 0 Å². The van der Waals surface area contributed by atoms with E-state index in [1.807, 2.05) is 0 Å². The number of hydrogen-bond donors (Lipinski definition) is 0. The van der Waals surface area contributed by atoms with Crippen molar-refractivity contribution in [2.75, 3.05) is 0 Å². The summed E-state index contributed by atoms with van der Waals surface area (Å²) in [5, 5.41) is 0. The highest BCUT2D eigenvalue weighted by Crippen LogP contribution is 2.27. The minimum Gasteiger partial charge on any atom is -0.299 e. The fourth-order valence-electron chi connectivity index (χ4n) is 3.00. The van der Waals surface area contributed by atoms with Crippen molar-refractivity contribution in [3.63, 3.8) is 0 Å². The van der Waals surface area contributed by atoms with Gasteiger partial charge in [-0.15, -0.1) is 0 Å². The number of carbonyl (C=O) groups is 1. The molecule has 0 aromatic heterocycles. The van der Waals surface area contributed by atoms with Crippen molar-refractivity contribution in [1.29, 1.82) is 0 Å². The maximum absolute atomic E-state index is 11.2. The van der Waals surface area contributed by atoms with Crippen LogP contribution in [0.2, 0.25) is 0 Å². The molecule has 0 amide bonds. The molecule has 0 heterocycles. The Morgan fingerprint density at radius 3 is 1.63 bits per heavy atom. The molecule has 1 fully saturated rings. The third kappa shape index (κ3) is 8.44. The van der Waals surface area contributed by atoms with E-state index in [2.05, 4.69) is 6.92 Å². The Labute approximate surface area is 120 Å². The summed E-state index contributed by atoms with van der Waals surface area (Å²) in [7, 11) is 0. The lowest BCUT2D eigenvalue weighted by molar-refractivity contribution is -0.129. The average molecular weight is 266 g/mol. The molecule has 0 aromatic rings. The van der Waals surface area contributed by atoms with E-state index in [-0.39, 0.29) is 0 Å². The molecule has 0 aromatic carbocycles. The van der Waals surface area contributed by atoms with Crippen molar-refractivity contribution in [2.24, 2.45) is 5.92 Å². The van der Waals surface area contributed by atoms with E-state index >= 15 is 0 Å². The molecule has 1 aliphatic carbocycles. The van der Waals surface area contributed by atoms with Crippen molar-refractivity contribution in [3.05, 3.63) is 0 Å². The van der Waals surface area contributed by atoms with Crippen LogP contribution in [0, 0.1) is 5.92 Å². The Kier molecular flexibility index (Phi) is 10.1. The lowest BCUT2D eigenvalue weighted by atomic mass is 9.80. The van der Waals surface area contributed by atoms with E-state index in [0.29, 0.717) is 11.7 Å². The zero-order valence-corrected chi connectivity index (χ0v) is 13.1. The van der Waals surface area contributed by atoms with Crippen LogP contribution in [0.25, 0.3) is 0 Å². The normalized spacial score (nSPS) is 18.6. The van der Waals surface area contributed by atoms with Crippen LogP contribution in [-0.4, -0.2) is 5.78 Å². The molecule has 1 atom stereocenters. The van der Waals surface area contributed by atoms with Gasteiger partial charge in [0.25, 0.3) is 0 Å². The third-order valence-electron chi connectivity index (χ3n) is 4.60. The topological polar surface area (TPSA) is 17.1 Å². The number of Topliss-reactive ketones (excluding diaryl/α,β-unsaturated/α-hetero) is 1. The molecular formula is C18H34O. The third-order valence-corrected chi connectivity index (χ3v) is 4.60. The van der Waals surface area contributed by atoms with Crippen LogP contribution < -0.4 is 0 Å². The molecular weight excluding hydrogens is 232 g/mol. The zero-order valence-electron chi connectivity index (χ0n) is 13.1. The maximum atomic E-state index is 11.2. The van der Waals surface area contributed by atoms with Gasteiger partial charge in [0.05, 0.1) is 0 Å². The first-order chi connectivity index (χ1) is 9.34. The Balaban J connectivity index is 1.68. The van der Waals surface area contributed by atoms with Crippen molar-refractivity contribution in [1.82, 2.24) is 0 Å². The highest BCUT2D eigenvalue weighted by Gasteiger charge is 2.26. The van der Waals surface area contributed by atoms with Crippen molar-refractivity contribution in [3.8, 4) is 0 Å². The summed E-state index contributed by atoms with van der Waals surface area (Å²) in [6.07, 6.45) is 20.1. The molecule has 1 rings (SSSR count). The molecule has 1 aliphatic rings. The molecule has 19 heavy (non-hydrogen) atoms. The first-order valence-corrected chi connectivity index (χ1v) is 8.87. The number of hydrogen-bond acceptors (Lipinski definition) is 1. The molecule has 112 valence electrons. The minimum atomic E-state index is 0.461. The van der Waals surface area contributed by atoms with E-state index in [1.165, 1.54) is 89.9 Å². The van der Waals surface area contributed by atoms with Gasteiger partial charge in [-0.2, -0.15) is 0 Å². The van der Waals surface area contributed by atoms with Gasteiger partial charge in [0, 0.05) is 12.3 Å². The minimum absolute atomic E-state index is 0.461. The van der Waals surface area contributed by atoms with E-state index < -0.39 is 0 Å². The van der Waals surface area contributed by atoms with Crippen molar-refractivity contribution < 1.29 is 4.79 Å². The van der Waals surface area contributed by atoms with Gasteiger partial charge in [-0.25, -0.2) is 0 Å². The monoisotopic (exact) mass is 266 g/mol. The summed E-state index contributed by atoms with van der Waals surface area (Å²) in [6, 6.07) is 0. The highest BCUT2D eigenvalue weighted by atomic mass is 16.1. The van der Waals surface area contributed by atoms with Crippen LogP contribution in [0.4, 0.5) is 0 Å². The lowest BCUT2D eigenvalue weighted by Gasteiger charge is -2.23. The first-order valence-electron chi connectivity index (χ1n) is 8.87. The van der Waals surface area contributed by atoms with Crippen LogP contribution in [0.15, 0.2) is 0 Å². The summed E-state index contributed by atoms with van der Waals surface area (Å²) in [4.78, 5) is 11.2. The maximum Gasteiger partial charge on any atom is 0.136 e. The summed E-state index contributed by atoms with van der Waals surface area (Å²) >= 11 is 0. The standard InChI is InChI=1S/C18H34O/c1-2-3-4-5-6-7-8-9-10-11-12-13-14-17-15-16-18(17)19/h17H,2-16H2,1H3/t17-/m0/s1. The molecule has 0 radical (unpaired) electrons. The van der Waals surface area contributed by atoms with Crippen LogP contribution >= 0.6 is 0 Å². The fourth-order valence-corrected chi connectivity index (χ4v) is 3.00. The smallest absolute Gasteiger partial charge is 0.136 e. The highest BCUT2D eigenvalue weighted by molar-refractivity contribution is 5.86. The zero-order chi connectivity index (χ0) is 13.8. The molecule has 0 bridgehead atoms. The Hall–Kier alpha value is -0.330. The van der Waals surface area contributed by atoms with Gasteiger partial charge in [0.15, 0.2) is 0 Å². The molecule has 0 unspecified atom stereocenters. The van der Waals surface area contributed by atoms with Gasteiger partial charge < -0.3 is 0 Å². The quantitative estimate of drug-likeness (QED) is 0.370. The van der Waals surface area contributed by atoms with Gasteiger partial charge in [0.1, 0.15) is 5.78 Å². The van der Waals surface area contributed by atoms with Crippen LogP contribution in [0.5, 0.6) is 0 Å². The number of ketones is 1. The second-order valence-corrected chi connectivity index (χ2v) is 6.38. The summed E-state index contributed by atoms with van der Waals surface area (Å²) in [5.41, 5.74) is 0. The SMILES string of the molecule is CCCCCCCCCCCCCC[C@H]1CCC1=O. The van der Waals surface area contributed by atoms with Crippen molar-refractivity contribution in [2.45, 2.75) is 103 Å². The largest absolute Gasteiger partial charge is 0.299 e. The van der Waals surface area contributed by atoms with E-state index in [0.717, 1.165) is 6.42 Å². The lowest BCUT2D eigenvalue weighted by Crippen LogP contribution is -2.25. The molecule has 0 spiro atoms. The molecule has 1 heteroatoms. The number of unbranched alkanes of at least 4 members (excludes halogenated alkanes) is 11. The van der Waals surface area contributed by atoms with E-state index in [4.69, 9.17) is 0 Å². The van der Waals surface area contributed by atoms with Gasteiger partial charge in [-0.3, -0.25) is 4.79 Å². The molecule has 0 N–H and O–H groups in total.